The monoisotopic (exact) mass is 247 g/mol. The summed E-state index contributed by atoms with van der Waals surface area (Å²) in [5.74, 6) is 0. The predicted octanol–water partition coefficient (Wildman–Crippen LogP) is 4.42. The molecule has 0 aromatic heterocycles. The molecular weight excluding hydrogens is 230 g/mol. The summed E-state index contributed by atoms with van der Waals surface area (Å²) in [5, 5.41) is 9.17. The second-order valence-electron chi connectivity index (χ2n) is 5.38. The molecule has 0 bridgehead atoms. The van der Waals surface area contributed by atoms with E-state index in [-0.39, 0.29) is 0 Å². The molecule has 1 aliphatic heterocycles. The third-order valence-electron chi connectivity index (χ3n) is 4.22. The van der Waals surface area contributed by atoms with Gasteiger partial charge in [-0.3, -0.25) is 0 Å². The van der Waals surface area contributed by atoms with Crippen LogP contribution in [-0.4, -0.2) is 6.54 Å². The molecule has 0 spiro atoms. The highest BCUT2D eigenvalue weighted by atomic mass is 14.9. The van der Waals surface area contributed by atoms with Gasteiger partial charge in [-0.25, -0.2) is 0 Å². The van der Waals surface area contributed by atoms with Crippen LogP contribution in [0.25, 0.3) is 21.5 Å². The topological polar surface area (TPSA) is 12.0 Å². The molecule has 94 valence electrons. The molecule has 0 radical (unpaired) electrons. The summed E-state index contributed by atoms with van der Waals surface area (Å²) in [4.78, 5) is 0. The summed E-state index contributed by atoms with van der Waals surface area (Å²) in [6.07, 6.45) is 2.53. The van der Waals surface area contributed by atoms with E-state index < -0.39 is 0 Å². The number of hydrogen-bond donors (Lipinski definition) is 1. The summed E-state index contributed by atoms with van der Waals surface area (Å²) in [7, 11) is 0. The van der Waals surface area contributed by atoms with Crippen molar-refractivity contribution in [3.8, 4) is 0 Å². The Bertz CT molecular complexity index is 685. The van der Waals surface area contributed by atoms with Crippen LogP contribution in [0.3, 0.4) is 0 Å². The average Bonchev–Trinajstić information content (AvgIpc) is 2.98. The van der Waals surface area contributed by atoms with Gasteiger partial charge in [-0.1, -0.05) is 48.5 Å². The molecule has 1 nitrogen and oxygen atoms in total. The first-order valence-electron chi connectivity index (χ1n) is 7.07. The van der Waals surface area contributed by atoms with Crippen molar-refractivity contribution in [3.63, 3.8) is 0 Å². The zero-order valence-corrected chi connectivity index (χ0v) is 10.9. The van der Waals surface area contributed by atoms with Crippen molar-refractivity contribution >= 4 is 21.5 Å². The van der Waals surface area contributed by atoms with Gasteiger partial charge in [0.2, 0.25) is 0 Å². The molecule has 4 rings (SSSR count). The van der Waals surface area contributed by atoms with E-state index in [0.29, 0.717) is 6.04 Å². The summed E-state index contributed by atoms with van der Waals surface area (Å²) < 4.78 is 0. The van der Waals surface area contributed by atoms with Gasteiger partial charge in [0.15, 0.2) is 0 Å². The second kappa shape index (κ2) is 4.36. The molecule has 1 saturated heterocycles. The number of rotatable bonds is 1. The Morgan fingerprint density at radius 2 is 1.47 bits per heavy atom. The summed E-state index contributed by atoms with van der Waals surface area (Å²) in [6, 6.07) is 20.3. The van der Waals surface area contributed by atoms with Crippen LogP contribution in [0.4, 0.5) is 0 Å². The Hall–Kier alpha value is -1.86. The van der Waals surface area contributed by atoms with Crippen molar-refractivity contribution in [1.29, 1.82) is 0 Å². The Kier molecular flexibility index (Phi) is 2.52. The molecule has 1 N–H and O–H groups in total. The Balaban J connectivity index is 2.13. The van der Waals surface area contributed by atoms with Gasteiger partial charge in [0.1, 0.15) is 0 Å². The van der Waals surface area contributed by atoms with Crippen molar-refractivity contribution in [2.75, 3.05) is 6.54 Å². The standard InChI is InChI=1S/C18H17N/c1-3-8-15-13(6-1)12-14-7-2-4-9-16(14)18(15)17-10-5-11-19-17/h1-4,6-9,12,17,19H,5,10-11H2/t17-/m0/s1. The van der Waals surface area contributed by atoms with Crippen LogP contribution < -0.4 is 5.32 Å². The van der Waals surface area contributed by atoms with Gasteiger partial charge in [-0.2, -0.15) is 0 Å². The van der Waals surface area contributed by atoms with E-state index in [1.165, 1.54) is 39.9 Å². The SMILES string of the molecule is c1ccc2c([C@@H]3CCCN3)c3ccccc3cc2c1. The number of nitrogens with one attached hydrogen (secondary N) is 1. The van der Waals surface area contributed by atoms with Crippen molar-refractivity contribution < 1.29 is 0 Å². The Labute approximate surface area is 113 Å². The fourth-order valence-electron chi connectivity index (χ4n) is 3.36. The highest BCUT2D eigenvalue weighted by Gasteiger charge is 2.20. The van der Waals surface area contributed by atoms with Crippen LogP contribution in [0, 0.1) is 0 Å². The highest BCUT2D eigenvalue weighted by Crippen LogP contribution is 2.36. The largest absolute Gasteiger partial charge is 0.310 e. The molecule has 0 saturated carbocycles. The van der Waals surface area contributed by atoms with E-state index in [1.54, 1.807) is 0 Å². The van der Waals surface area contributed by atoms with Crippen LogP contribution in [0.2, 0.25) is 0 Å². The first-order chi connectivity index (χ1) is 9.43. The number of hydrogen-bond acceptors (Lipinski definition) is 1. The lowest BCUT2D eigenvalue weighted by Gasteiger charge is -2.17. The first-order valence-corrected chi connectivity index (χ1v) is 7.07. The van der Waals surface area contributed by atoms with Crippen LogP contribution in [-0.2, 0) is 0 Å². The lowest BCUT2D eigenvalue weighted by atomic mass is 9.91. The fourth-order valence-corrected chi connectivity index (χ4v) is 3.36. The maximum atomic E-state index is 3.66. The zero-order valence-electron chi connectivity index (χ0n) is 10.9. The van der Waals surface area contributed by atoms with E-state index in [2.05, 4.69) is 59.9 Å². The summed E-state index contributed by atoms with van der Waals surface area (Å²) >= 11 is 0. The lowest BCUT2D eigenvalue weighted by molar-refractivity contribution is 0.657. The molecule has 1 heterocycles. The minimum absolute atomic E-state index is 0.510. The molecule has 1 fully saturated rings. The molecule has 1 heteroatoms. The molecule has 19 heavy (non-hydrogen) atoms. The fraction of sp³-hybridized carbons (Fsp3) is 0.222. The molecule has 0 aliphatic carbocycles. The molecular formula is C18H17N. The van der Waals surface area contributed by atoms with Crippen molar-refractivity contribution in [2.45, 2.75) is 18.9 Å². The van der Waals surface area contributed by atoms with Crippen molar-refractivity contribution in [3.05, 3.63) is 60.2 Å². The molecule has 3 aromatic carbocycles. The summed E-state index contributed by atoms with van der Waals surface area (Å²) in [5.41, 5.74) is 1.49. The van der Waals surface area contributed by atoms with Crippen LogP contribution in [0.1, 0.15) is 24.4 Å². The van der Waals surface area contributed by atoms with Gasteiger partial charge in [0.25, 0.3) is 0 Å². The van der Waals surface area contributed by atoms with Crippen molar-refractivity contribution in [2.24, 2.45) is 0 Å². The highest BCUT2D eigenvalue weighted by molar-refractivity contribution is 6.02. The molecule has 1 aliphatic rings. The van der Waals surface area contributed by atoms with Crippen LogP contribution in [0.5, 0.6) is 0 Å². The Morgan fingerprint density at radius 3 is 2.05 bits per heavy atom. The van der Waals surface area contributed by atoms with E-state index in [4.69, 9.17) is 0 Å². The zero-order chi connectivity index (χ0) is 12.7. The van der Waals surface area contributed by atoms with Gasteiger partial charge >= 0.3 is 0 Å². The van der Waals surface area contributed by atoms with Gasteiger partial charge < -0.3 is 5.32 Å². The van der Waals surface area contributed by atoms with Gasteiger partial charge in [-0.05, 0) is 52.6 Å². The van der Waals surface area contributed by atoms with Gasteiger partial charge in [0.05, 0.1) is 0 Å². The third kappa shape index (κ3) is 1.73. The molecule has 0 unspecified atom stereocenters. The van der Waals surface area contributed by atoms with Crippen molar-refractivity contribution in [1.82, 2.24) is 5.32 Å². The van der Waals surface area contributed by atoms with Gasteiger partial charge in [-0.15, -0.1) is 0 Å². The van der Waals surface area contributed by atoms with E-state index in [1.807, 2.05) is 0 Å². The van der Waals surface area contributed by atoms with Crippen LogP contribution >= 0.6 is 0 Å². The summed E-state index contributed by atoms with van der Waals surface area (Å²) in [6.45, 7) is 1.14. The molecule has 3 aromatic rings. The number of benzene rings is 3. The predicted molar refractivity (Wildman–Crippen MR) is 81.4 cm³/mol. The van der Waals surface area contributed by atoms with Gasteiger partial charge in [0, 0.05) is 6.04 Å². The molecule has 1 atom stereocenters. The van der Waals surface area contributed by atoms with Crippen LogP contribution in [0.15, 0.2) is 54.6 Å². The Morgan fingerprint density at radius 1 is 0.842 bits per heavy atom. The van der Waals surface area contributed by atoms with E-state index in [0.717, 1.165) is 6.54 Å². The molecule has 0 amide bonds. The first kappa shape index (κ1) is 11.0. The second-order valence-corrected chi connectivity index (χ2v) is 5.38. The number of fused-ring (bicyclic) bond motifs is 2. The quantitative estimate of drug-likeness (QED) is 0.628. The minimum atomic E-state index is 0.510. The normalized spacial score (nSPS) is 19.3. The maximum absolute atomic E-state index is 3.66. The average molecular weight is 247 g/mol. The van der Waals surface area contributed by atoms with E-state index >= 15 is 0 Å². The minimum Gasteiger partial charge on any atom is -0.310 e. The maximum Gasteiger partial charge on any atom is 0.0333 e. The lowest BCUT2D eigenvalue weighted by Crippen LogP contribution is -2.13. The third-order valence-corrected chi connectivity index (χ3v) is 4.22. The van der Waals surface area contributed by atoms with E-state index in [9.17, 15) is 0 Å². The smallest absolute Gasteiger partial charge is 0.0333 e.